The molecule has 2 nitrogen and oxygen atoms in total. The van der Waals surface area contributed by atoms with Crippen LogP contribution in [0.5, 0.6) is 0 Å². The van der Waals surface area contributed by atoms with E-state index >= 15 is 0 Å². The maximum absolute atomic E-state index is 6.01. The van der Waals surface area contributed by atoms with Crippen LogP contribution in [-0.2, 0) is 9.47 Å². The summed E-state index contributed by atoms with van der Waals surface area (Å²) in [5.41, 5.74) is 3.27. The molecule has 0 saturated carbocycles. The maximum atomic E-state index is 6.01. The van der Waals surface area contributed by atoms with Crippen molar-refractivity contribution in [1.29, 1.82) is 0 Å². The quantitative estimate of drug-likeness (QED) is 0.811. The Kier molecular flexibility index (Phi) is 3.33. The molecule has 1 fully saturated rings. The summed E-state index contributed by atoms with van der Waals surface area (Å²) in [6.45, 7) is 1.32. The number of rotatable bonds is 2. The molecule has 0 spiro atoms. The Balaban J connectivity index is 1.95. The second-order valence-electron chi connectivity index (χ2n) is 4.21. The van der Waals surface area contributed by atoms with Gasteiger partial charge in [-0.1, -0.05) is 41.9 Å². The van der Waals surface area contributed by atoms with Gasteiger partial charge in [-0.15, -0.1) is 0 Å². The van der Waals surface area contributed by atoms with Gasteiger partial charge in [0.25, 0.3) is 0 Å². The van der Waals surface area contributed by atoms with Gasteiger partial charge in [0.1, 0.15) is 0 Å². The summed E-state index contributed by atoms with van der Waals surface area (Å²) in [4.78, 5) is 0. The van der Waals surface area contributed by atoms with Crippen LogP contribution in [0.15, 0.2) is 48.5 Å². The largest absolute Gasteiger partial charge is 0.346 e. The summed E-state index contributed by atoms with van der Waals surface area (Å²) < 4.78 is 11.0. The molecule has 3 rings (SSSR count). The lowest BCUT2D eigenvalue weighted by Gasteiger charge is -2.11. The Morgan fingerprint density at radius 1 is 0.889 bits per heavy atom. The lowest BCUT2D eigenvalue weighted by molar-refractivity contribution is -0.0440. The normalized spacial score (nSPS) is 16.1. The van der Waals surface area contributed by atoms with Crippen molar-refractivity contribution in [3.05, 3.63) is 59.1 Å². The average molecular weight is 261 g/mol. The molecule has 3 heteroatoms. The molecule has 0 N–H and O–H groups in total. The first kappa shape index (κ1) is 11.7. The van der Waals surface area contributed by atoms with Crippen LogP contribution in [0, 0.1) is 0 Å². The minimum atomic E-state index is -0.232. The Morgan fingerprint density at radius 3 is 2.28 bits per heavy atom. The molecular weight excluding hydrogens is 248 g/mol. The fraction of sp³-hybridized carbons (Fsp3) is 0.200. The van der Waals surface area contributed by atoms with Gasteiger partial charge in [0, 0.05) is 10.6 Å². The molecule has 1 saturated heterocycles. The third kappa shape index (κ3) is 2.41. The van der Waals surface area contributed by atoms with Crippen LogP contribution < -0.4 is 0 Å². The minimum absolute atomic E-state index is 0.232. The second kappa shape index (κ2) is 5.11. The van der Waals surface area contributed by atoms with Crippen molar-refractivity contribution in [2.45, 2.75) is 6.29 Å². The molecule has 0 unspecified atom stereocenters. The number of ether oxygens (including phenoxy) is 2. The van der Waals surface area contributed by atoms with Gasteiger partial charge in [0.15, 0.2) is 6.29 Å². The smallest absolute Gasteiger partial charge is 0.184 e. The van der Waals surface area contributed by atoms with E-state index in [0.717, 1.165) is 21.7 Å². The van der Waals surface area contributed by atoms with Crippen molar-refractivity contribution < 1.29 is 9.47 Å². The zero-order valence-corrected chi connectivity index (χ0v) is 10.6. The maximum Gasteiger partial charge on any atom is 0.184 e. The van der Waals surface area contributed by atoms with E-state index in [-0.39, 0.29) is 6.29 Å². The lowest BCUT2D eigenvalue weighted by atomic mass is 10.0. The van der Waals surface area contributed by atoms with Gasteiger partial charge in [0.05, 0.1) is 13.2 Å². The zero-order chi connectivity index (χ0) is 12.4. The third-order valence-corrected chi connectivity index (χ3v) is 3.17. The highest BCUT2D eigenvalue weighted by Gasteiger charge is 2.18. The van der Waals surface area contributed by atoms with Gasteiger partial charge < -0.3 is 9.47 Å². The lowest BCUT2D eigenvalue weighted by Crippen LogP contribution is -1.97. The van der Waals surface area contributed by atoms with E-state index in [0.29, 0.717) is 13.2 Å². The van der Waals surface area contributed by atoms with Gasteiger partial charge in [-0.3, -0.25) is 0 Å². The summed E-state index contributed by atoms with van der Waals surface area (Å²) in [6, 6.07) is 16.0. The van der Waals surface area contributed by atoms with Crippen molar-refractivity contribution in [2.75, 3.05) is 13.2 Å². The van der Waals surface area contributed by atoms with Crippen molar-refractivity contribution in [3.63, 3.8) is 0 Å². The van der Waals surface area contributed by atoms with E-state index in [2.05, 4.69) is 12.1 Å². The molecule has 1 aliphatic rings. The van der Waals surface area contributed by atoms with E-state index in [1.807, 2.05) is 36.4 Å². The SMILES string of the molecule is Clc1cccc(-c2cccc(C3OCCO3)c2)c1. The summed E-state index contributed by atoms with van der Waals surface area (Å²) >= 11 is 6.01. The van der Waals surface area contributed by atoms with Crippen LogP contribution in [0.2, 0.25) is 5.02 Å². The Labute approximate surface area is 111 Å². The van der Waals surface area contributed by atoms with Gasteiger partial charge in [-0.25, -0.2) is 0 Å². The van der Waals surface area contributed by atoms with Gasteiger partial charge in [-0.2, -0.15) is 0 Å². The zero-order valence-electron chi connectivity index (χ0n) is 9.80. The molecule has 0 bridgehead atoms. The standard InChI is InChI=1S/C15H13ClO2/c16-14-6-2-4-12(10-14)11-3-1-5-13(9-11)15-17-7-8-18-15/h1-6,9-10,15H,7-8H2. The summed E-state index contributed by atoms with van der Waals surface area (Å²) in [7, 11) is 0. The van der Waals surface area contributed by atoms with Crippen molar-refractivity contribution in [3.8, 4) is 11.1 Å². The van der Waals surface area contributed by atoms with Crippen molar-refractivity contribution in [1.82, 2.24) is 0 Å². The first-order valence-electron chi connectivity index (χ1n) is 5.92. The van der Waals surface area contributed by atoms with Gasteiger partial charge in [0.2, 0.25) is 0 Å². The van der Waals surface area contributed by atoms with E-state index in [9.17, 15) is 0 Å². The van der Waals surface area contributed by atoms with Crippen LogP contribution >= 0.6 is 11.6 Å². The molecule has 2 aromatic carbocycles. The second-order valence-corrected chi connectivity index (χ2v) is 4.65. The Bertz CT molecular complexity index is 548. The highest BCUT2D eigenvalue weighted by molar-refractivity contribution is 6.30. The topological polar surface area (TPSA) is 18.5 Å². The Morgan fingerprint density at radius 2 is 1.56 bits per heavy atom. The molecular formula is C15H13ClO2. The molecule has 18 heavy (non-hydrogen) atoms. The molecule has 2 aromatic rings. The number of hydrogen-bond donors (Lipinski definition) is 0. The molecule has 0 aromatic heterocycles. The molecule has 1 heterocycles. The predicted octanol–water partition coefficient (Wildman–Crippen LogP) is 4.05. The van der Waals surface area contributed by atoms with Crippen LogP contribution in [0.25, 0.3) is 11.1 Å². The first-order valence-corrected chi connectivity index (χ1v) is 6.30. The van der Waals surface area contributed by atoms with E-state index in [1.54, 1.807) is 0 Å². The number of hydrogen-bond acceptors (Lipinski definition) is 2. The van der Waals surface area contributed by atoms with Crippen LogP contribution in [0.1, 0.15) is 11.9 Å². The molecule has 92 valence electrons. The minimum Gasteiger partial charge on any atom is -0.346 e. The molecule has 1 aliphatic heterocycles. The fourth-order valence-electron chi connectivity index (χ4n) is 2.08. The van der Waals surface area contributed by atoms with E-state index < -0.39 is 0 Å². The highest BCUT2D eigenvalue weighted by Crippen LogP contribution is 2.28. The van der Waals surface area contributed by atoms with Crippen molar-refractivity contribution in [2.24, 2.45) is 0 Å². The van der Waals surface area contributed by atoms with Gasteiger partial charge in [-0.05, 0) is 29.3 Å². The molecule has 0 atom stereocenters. The van der Waals surface area contributed by atoms with Crippen LogP contribution in [-0.4, -0.2) is 13.2 Å². The summed E-state index contributed by atoms with van der Waals surface area (Å²) in [6.07, 6.45) is -0.232. The van der Waals surface area contributed by atoms with Crippen molar-refractivity contribution >= 4 is 11.6 Å². The predicted molar refractivity (Wildman–Crippen MR) is 71.5 cm³/mol. The monoisotopic (exact) mass is 260 g/mol. The molecule has 0 amide bonds. The van der Waals surface area contributed by atoms with Gasteiger partial charge >= 0.3 is 0 Å². The highest BCUT2D eigenvalue weighted by atomic mass is 35.5. The number of benzene rings is 2. The van der Waals surface area contributed by atoms with E-state index in [1.165, 1.54) is 0 Å². The summed E-state index contributed by atoms with van der Waals surface area (Å²) in [5, 5.41) is 0.742. The Hall–Kier alpha value is -1.35. The fourth-order valence-corrected chi connectivity index (χ4v) is 2.27. The van der Waals surface area contributed by atoms with Crippen LogP contribution in [0.4, 0.5) is 0 Å². The summed E-state index contributed by atoms with van der Waals surface area (Å²) in [5.74, 6) is 0. The third-order valence-electron chi connectivity index (χ3n) is 2.94. The van der Waals surface area contributed by atoms with E-state index in [4.69, 9.17) is 21.1 Å². The molecule has 0 radical (unpaired) electrons. The average Bonchev–Trinajstić information content (AvgIpc) is 2.93. The first-order chi connectivity index (χ1) is 8.83. The number of halogens is 1. The van der Waals surface area contributed by atoms with Crippen LogP contribution in [0.3, 0.4) is 0 Å². The molecule has 0 aliphatic carbocycles.